The van der Waals surface area contributed by atoms with E-state index in [1.807, 2.05) is 6.92 Å². The minimum absolute atomic E-state index is 0.00134. The maximum Gasteiger partial charge on any atom is 0.433 e. The fraction of sp³-hybridized carbons (Fsp3) is 0.452. The Hall–Kier alpha value is -3.62. The SMILES string of the molecule is CCCCc1c(C(F)(F)F)n(C(=O)CC2CCCCC2)c(=O)n1CCc1ccc(-c2ccccc2C(=O)O)cc1. The van der Waals surface area contributed by atoms with Gasteiger partial charge in [0.15, 0.2) is 5.69 Å². The number of rotatable bonds is 10. The third-order valence-electron chi connectivity index (χ3n) is 7.76. The molecule has 1 aliphatic rings. The standard InChI is InChI=1S/C31H35F3N2O4/c1-2-3-13-26-28(31(32,33)34)36(27(37)20-22-9-5-4-6-10-22)30(40)35(26)19-18-21-14-16-23(17-15-21)24-11-7-8-12-25(24)29(38)39/h7-8,11-12,14-17,22H,2-6,9-10,13,18-20H2,1H3,(H,38,39). The lowest BCUT2D eigenvalue weighted by atomic mass is 9.87. The van der Waals surface area contributed by atoms with Gasteiger partial charge in [-0.25, -0.2) is 14.2 Å². The van der Waals surface area contributed by atoms with E-state index in [1.54, 1.807) is 42.5 Å². The van der Waals surface area contributed by atoms with E-state index in [0.29, 0.717) is 28.5 Å². The van der Waals surface area contributed by atoms with Gasteiger partial charge in [0.05, 0.1) is 11.3 Å². The molecule has 0 saturated heterocycles. The third kappa shape index (κ3) is 6.57. The Labute approximate surface area is 231 Å². The number of aromatic nitrogens is 2. The van der Waals surface area contributed by atoms with Crippen molar-refractivity contribution in [1.82, 2.24) is 9.13 Å². The number of unbranched alkanes of at least 4 members (excludes halogenated alkanes) is 1. The van der Waals surface area contributed by atoms with Crippen LogP contribution in [0.15, 0.2) is 53.3 Å². The lowest BCUT2D eigenvalue weighted by Gasteiger charge is -2.21. The van der Waals surface area contributed by atoms with E-state index >= 15 is 0 Å². The Bertz CT molecular complexity index is 1400. The number of hydrogen-bond acceptors (Lipinski definition) is 3. The van der Waals surface area contributed by atoms with Crippen molar-refractivity contribution in [3.63, 3.8) is 0 Å². The van der Waals surface area contributed by atoms with Gasteiger partial charge in [-0.1, -0.05) is 75.1 Å². The van der Waals surface area contributed by atoms with Crippen molar-refractivity contribution in [2.75, 3.05) is 0 Å². The van der Waals surface area contributed by atoms with E-state index in [0.717, 1.165) is 42.2 Å². The molecule has 0 atom stereocenters. The van der Waals surface area contributed by atoms with E-state index in [-0.39, 0.29) is 43.0 Å². The van der Waals surface area contributed by atoms with E-state index in [1.165, 1.54) is 6.07 Å². The van der Waals surface area contributed by atoms with Crippen LogP contribution in [0.3, 0.4) is 0 Å². The van der Waals surface area contributed by atoms with Crippen molar-refractivity contribution in [2.24, 2.45) is 5.92 Å². The molecule has 1 saturated carbocycles. The van der Waals surface area contributed by atoms with Crippen molar-refractivity contribution in [3.05, 3.63) is 81.5 Å². The predicted molar refractivity (Wildman–Crippen MR) is 147 cm³/mol. The molecule has 4 rings (SSSR count). The van der Waals surface area contributed by atoms with Gasteiger partial charge in [0.2, 0.25) is 5.91 Å². The number of carboxylic acid groups (broad SMARTS) is 1. The molecule has 214 valence electrons. The zero-order valence-electron chi connectivity index (χ0n) is 22.7. The molecule has 3 aromatic rings. The van der Waals surface area contributed by atoms with Crippen LogP contribution >= 0.6 is 0 Å². The minimum atomic E-state index is -4.84. The molecule has 0 aliphatic heterocycles. The Morgan fingerprint density at radius 1 is 0.975 bits per heavy atom. The number of aryl methyl sites for hydroxylation is 1. The molecular formula is C31H35F3N2O4. The number of imidazole rings is 1. The van der Waals surface area contributed by atoms with Gasteiger partial charge in [0.25, 0.3) is 0 Å². The first-order chi connectivity index (χ1) is 19.1. The van der Waals surface area contributed by atoms with Gasteiger partial charge >= 0.3 is 17.8 Å². The van der Waals surface area contributed by atoms with Crippen LogP contribution in [0.1, 0.15) is 90.4 Å². The molecule has 0 unspecified atom stereocenters. The summed E-state index contributed by atoms with van der Waals surface area (Å²) in [7, 11) is 0. The summed E-state index contributed by atoms with van der Waals surface area (Å²) >= 11 is 0. The normalized spacial score (nSPS) is 14.4. The maximum absolute atomic E-state index is 14.4. The molecule has 1 aromatic heterocycles. The van der Waals surface area contributed by atoms with Crippen LogP contribution in [0.4, 0.5) is 13.2 Å². The minimum Gasteiger partial charge on any atom is -0.478 e. The largest absolute Gasteiger partial charge is 0.478 e. The van der Waals surface area contributed by atoms with E-state index in [2.05, 4.69) is 0 Å². The Morgan fingerprint density at radius 2 is 1.65 bits per heavy atom. The highest BCUT2D eigenvalue weighted by Crippen LogP contribution is 2.34. The smallest absolute Gasteiger partial charge is 0.433 e. The van der Waals surface area contributed by atoms with Crippen LogP contribution in [0, 0.1) is 5.92 Å². The number of carboxylic acids is 1. The summed E-state index contributed by atoms with van der Waals surface area (Å²) in [6.45, 7) is 1.86. The summed E-state index contributed by atoms with van der Waals surface area (Å²) in [4.78, 5) is 38.2. The first-order valence-electron chi connectivity index (χ1n) is 14.0. The number of benzene rings is 2. The summed E-state index contributed by atoms with van der Waals surface area (Å²) in [5.74, 6) is -1.81. The molecule has 2 aromatic carbocycles. The number of alkyl halides is 3. The Kier molecular flexibility index (Phi) is 9.32. The fourth-order valence-electron chi connectivity index (χ4n) is 5.68. The van der Waals surface area contributed by atoms with Crippen LogP contribution in [0.5, 0.6) is 0 Å². The summed E-state index contributed by atoms with van der Waals surface area (Å²) in [5, 5.41) is 9.48. The molecule has 0 amide bonds. The number of aromatic carboxylic acids is 1. The quantitative estimate of drug-likeness (QED) is 0.286. The van der Waals surface area contributed by atoms with Crippen LogP contribution < -0.4 is 5.69 Å². The van der Waals surface area contributed by atoms with Crippen LogP contribution in [0.25, 0.3) is 11.1 Å². The molecule has 1 fully saturated rings. The van der Waals surface area contributed by atoms with Gasteiger partial charge in [-0.3, -0.25) is 9.36 Å². The molecule has 40 heavy (non-hydrogen) atoms. The van der Waals surface area contributed by atoms with Gasteiger partial charge in [0, 0.05) is 13.0 Å². The van der Waals surface area contributed by atoms with Crippen molar-refractivity contribution < 1.29 is 27.9 Å². The number of halogens is 3. The Morgan fingerprint density at radius 3 is 2.27 bits per heavy atom. The second-order valence-electron chi connectivity index (χ2n) is 10.6. The maximum atomic E-state index is 14.4. The van der Waals surface area contributed by atoms with Crippen LogP contribution in [-0.4, -0.2) is 26.1 Å². The zero-order chi connectivity index (χ0) is 28.9. The van der Waals surface area contributed by atoms with Crippen molar-refractivity contribution in [3.8, 4) is 11.1 Å². The lowest BCUT2D eigenvalue weighted by Crippen LogP contribution is -2.33. The van der Waals surface area contributed by atoms with E-state index in [9.17, 15) is 32.7 Å². The van der Waals surface area contributed by atoms with Crippen molar-refractivity contribution >= 4 is 11.9 Å². The summed E-state index contributed by atoms with van der Waals surface area (Å²) in [6, 6.07) is 13.7. The van der Waals surface area contributed by atoms with E-state index < -0.39 is 29.4 Å². The molecule has 1 N–H and O–H groups in total. The molecule has 1 heterocycles. The van der Waals surface area contributed by atoms with E-state index in [4.69, 9.17) is 0 Å². The second kappa shape index (κ2) is 12.7. The molecular weight excluding hydrogens is 521 g/mol. The highest BCUT2D eigenvalue weighted by atomic mass is 19.4. The molecule has 1 aliphatic carbocycles. The summed E-state index contributed by atoms with van der Waals surface area (Å²) in [6.07, 6.45) is 1.07. The van der Waals surface area contributed by atoms with Gasteiger partial charge in [-0.2, -0.15) is 13.2 Å². The highest BCUT2D eigenvalue weighted by molar-refractivity contribution is 5.96. The first kappa shape index (κ1) is 29.4. The predicted octanol–water partition coefficient (Wildman–Crippen LogP) is 7.23. The van der Waals surface area contributed by atoms with Crippen LogP contribution in [-0.2, 0) is 25.6 Å². The second-order valence-corrected chi connectivity index (χ2v) is 10.6. The van der Waals surface area contributed by atoms with Crippen molar-refractivity contribution in [2.45, 2.75) is 83.9 Å². The zero-order valence-corrected chi connectivity index (χ0v) is 22.7. The van der Waals surface area contributed by atoms with Gasteiger partial charge in [-0.05, 0) is 60.8 Å². The summed E-state index contributed by atoms with van der Waals surface area (Å²) in [5.41, 5.74) is 0.00682. The highest BCUT2D eigenvalue weighted by Gasteiger charge is 2.42. The molecule has 0 spiro atoms. The van der Waals surface area contributed by atoms with Crippen LogP contribution in [0.2, 0.25) is 0 Å². The third-order valence-corrected chi connectivity index (χ3v) is 7.76. The molecule has 6 nitrogen and oxygen atoms in total. The van der Waals surface area contributed by atoms with Gasteiger partial charge in [-0.15, -0.1) is 0 Å². The fourth-order valence-corrected chi connectivity index (χ4v) is 5.68. The number of hydrogen-bond donors (Lipinski definition) is 1. The first-order valence-corrected chi connectivity index (χ1v) is 14.0. The molecule has 0 radical (unpaired) electrons. The van der Waals surface area contributed by atoms with Gasteiger partial charge < -0.3 is 5.11 Å². The average Bonchev–Trinajstić information content (AvgIpc) is 3.23. The number of nitrogens with zero attached hydrogens (tertiary/aromatic N) is 2. The number of carbonyl (C=O) groups is 2. The Balaban J connectivity index is 1.64. The molecule has 0 bridgehead atoms. The summed E-state index contributed by atoms with van der Waals surface area (Å²) < 4.78 is 44.6. The molecule has 9 heteroatoms. The van der Waals surface area contributed by atoms with Crippen molar-refractivity contribution in [1.29, 1.82) is 0 Å². The lowest BCUT2D eigenvalue weighted by molar-refractivity contribution is -0.143. The average molecular weight is 557 g/mol. The van der Waals surface area contributed by atoms with Gasteiger partial charge in [0.1, 0.15) is 0 Å². The number of carbonyl (C=O) groups excluding carboxylic acids is 1. The monoisotopic (exact) mass is 556 g/mol. The topological polar surface area (TPSA) is 81.3 Å².